The number of nitrogens with zero attached hydrogens (tertiary/aromatic N) is 1. The fourth-order valence-corrected chi connectivity index (χ4v) is 3.63. The zero-order valence-corrected chi connectivity index (χ0v) is 16.2. The number of benzene rings is 3. The van der Waals surface area contributed by atoms with Crippen molar-refractivity contribution in [3.8, 4) is 0 Å². The summed E-state index contributed by atoms with van der Waals surface area (Å²) in [5.74, 6) is -1.00. The smallest absolute Gasteiger partial charge is 0.253 e. The van der Waals surface area contributed by atoms with Gasteiger partial charge in [0.15, 0.2) is 0 Å². The number of carbonyl (C=O) groups is 2. The lowest BCUT2D eigenvalue weighted by atomic mass is 10.0. The third-order valence-electron chi connectivity index (χ3n) is 4.85. The van der Waals surface area contributed by atoms with Gasteiger partial charge < -0.3 is 11.1 Å². The minimum atomic E-state index is -0.895. The Balaban J connectivity index is 1.75. The van der Waals surface area contributed by atoms with Crippen molar-refractivity contribution < 1.29 is 9.59 Å². The van der Waals surface area contributed by atoms with Gasteiger partial charge in [-0.1, -0.05) is 66.2 Å². The first-order valence-electron chi connectivity index (χ1n) is 9.15. The molecule has 0 spiro atoms. The summed E-state index contributed by atoms with van der Waals surface area (Å²) in [5, 5.41) is 4.74. The SMILES string of the molecule is NC(=O)[C@H](Cc1ccccc1Cl)NC(=O)c1c2ccccc2nc2ccccc12. The third kappa shape index (κ3) is 3.77. The molecule has 4 aromatic rings. The number of nitrogens with one attached hydrogen (secondary N) is 1. The number of aromatic nitrogens is 1. The van der Waals surface area contributed by atoms with Crippen molar-refractivity contribution in [3.63, 3.8) is 0 Å². The van der Waals surface area contributed by atoms with E-state index < -0.39 is 11.9 Å². The lowest BCUT2D eigenvalue weighted by Crippen LogP contribution is -2.46. The summed E-state index contributed by atoms with van der Waals surface area (Å²) in [7, 11) is 0. The lowest BCUT2D eigenvalue weighted by molar-refractivity contribution is -0.119. The normalized spacial score (nSPS) is 12.0. The standard InChI is InChI=1S/C23H18ClN3O2/c24-17-10-4-1-7-14(17)13-20(22(25)28)27-23(29)21-15-8-2-5-11-18(15)26-19-12-6-3-9-16(19)21/h1-12,20H,13H2,(H2,25,28)(H,27,29)/t20-/m0/s1. The zero-order valence-electron chi connectivity index (χ0n) is 15.4. The van der Waals surface area contributed by atoms with Gasteiger partial charge in [-0.3, -0.25) is 9.59 Å². The van der Waals surface area contributed by atoms with Gasteiger partial charge in [-0.05, 0) is 23.8 Å². The van der Waals surface area contributed by atoms with Crippen LogP contribution in [0.4, 0.5) is 0 Å². The van der Waals surface area contributed by atoms with Crippen LogP contribution in [0.5, 0.6) is 0 Å². The molecule has 0 saturated heterocycles. The van der Waals surface area contributed by atoms with Crippen molar-refractivity contribution in [2.75, 3.05) is 0 Å². The quantitative estimate of drug-likeness (QED) is 0.496. The van der Waals surface area contributed by atoms with E-state index in [2.05, 4.69) is 10.3 Å². The third-order valence-corrected chi connectivity index (χ3v) is 5.21. The molecule has 0 aliphatic rings. The second-order valence-corrected chi connectivity index (χ2v) is 7.15. The van der Waals surface area contributed by atoms with E-state index in [9.17, 15) is 9.59 Å². The van der Waals surface area contributed by atoms with Gasteiger partial charge in [0, 0.05) is 22.2 Å². The number of amides is 2. The first-order chi connectivity index (χ1) is 14.0. The molecule has 3 N–H and O–H groups in total. The van der Waals surface area contributed by atoms with E-state index in [1.807, 2.05) is 60.7 Å². The number of pyridine rings is 1. The molecule has 5 nitrogen and oxygen atoms in total. The molecule has 144 valence electrons. The Morgan fingerprint density at radius 3 is 2.03 bits per heavy atom. The van der Waals surface area contributed by atoms with Crippen LogP contribution in [0, 0.1) is 0 Å². The fourth-order valence-electron chi connectivity index (χ4n) is 3.42. The second kappa shape index (κ2) is 7.89. The number of fused-ring (bicyclic) bond motifs is 2. The van der Waals surface area contributed by atoms with E-state index in [0.717, 1.165) is 5.56 Å². The average molecular weight is 404 g/mol. The summed E-state index contributed by atoms with van der Waals surface area (Å²) in [5.41, 5.74) is 8.20. The molecule has 2 amide bonds. The molecule has 1 aromatic heterocycles. The number of hydrogen-bond donors (Lipinski definition) is 2. The Bertz CT molecular complexity index is 1190. The summed E-state index contributed by atoms with van der Waals surface area (Å²) in [4.78, 5) is 30.0. The van der Waals surface area contributed by atoms with Crippen LogP contribution in [0.1, 0.15) is 15.9 Å². The highest BCUT2D eigenvalue weighted by molar-refractivity contribution is 6.31. The Morgan fingerprint density at radius 2 is 1.45 bits per heavy atom. The van der Waals surface area contributed by atoms with Crippen LogP contribution < -0.4 is 11.1 Å². The van der Waals surface area contributed by atoms with Crippen LogP contribution in [-0.4, -0.2) is 22.8 Å². The lowest BCUT2D eigenvalue weighted by Gasteiger charge is -2.18. The highest BCUT2D eigenvalue weighted by Gasteiger charge is 2.23. The summed E-state index contributed by atoms with van der Waals surface area (Å²) >= 11 is 6.21. The van der Waals surface area contributed by atoms with Crippen LogP contribution in [-0.2, 0) is 11.2 Å². The van der Waals surface area contributed by atoms with Crippen molar-refractivity contribution in [1.82, 2.24) is 10.3 Å². The fraction of sp³-hybridized carbons (Fsp3) is 0.0870. The number of para-hydroxylation sites is 2. The number of nitrogens with two attached hydrogens (primary N) is 1. The number of hydrogen-bond acceptors (Lipinski definition) is 3. The minimum absolute atomic E-state index is 0.210. The Hall–Kier alpha value is -3.44. The maximum absolute atomic E-state index is 13.3. The molecular weight excluding hydrogens is 386 g/mol. The molecule has 0 bridgehead atoms. The molecule has 0 unspecified atom stereocenters. The number of rotatable bonds is 5. The monoisotopic (exact) mass is 403 g/mol. The maximum atomic E-state index is 13.3. The topological polar surface area (TPSA) is 85.1 Å². The minimum Gasteiger partial charge on any atom is -0.368 e. The second-order valence-electron chi connectivity index (χ2n) is 6.75. The molecular formula is C23H18ClN3O2. The van der Waals surface area contributed by atoms with Gasteiger partial charge in [0.1, 0.15) is 6.04 Å². The largest absolute Gasteiger partial charge is 0.368 e. The first kappa shape index (κ1) is 18.9. The van der Waals surface area contributed by atoms with Crippen molar-refractivity contribution in [1.29, 1.82) is 0 Å². The molecule has 6 heteroatoms. The van der Waals surface area contributed by atoms with E-state index in [1.54, 1.807) is 12.1 Å². The average Bonchev–Trinajstić information content (AvgIpc) is 2.72. The van der Waals surface area contributed by atoms with E-state index >= 15 is 0 Å². The van der Waals surface area contributed by atoms with Gasteiger partial charge in [0.05, 0.1) is 16.6 Å². The van der Waals surface area contributed by atoms with Crippen LogP contribution in [0.2, 0.25) is 5.02 Å². The van der Waals surface area contributed by atoms with Crippen molar-refractivity contribution in [2.24, 2.45) is 5.73 Å². The molecule has 0 aliphatic carbocycles. The van der Waals surface area contributed by atoms with E-state index in [1.165, 1.54) is 0 Å². The number of carbonyl (C=O) groups excluding carboxylic acids is 2. The van der Waals surface area contributed by atoms with Crippen LogP contribution in [0.3, 0.4) is 0 Å². The van der Waals surface area contributed by atoms with Crippen LogP contribution >= 0.6 is 11.6 Å². The molecule has 29 heavy (non-hydrogen) atoms. The summed E-state index contributed by atoms with van der Waals surface area (Å²) < 4.78 is 0. The molecule has 0 aliphatic heterocycles. The van der Waals surface area contributed by atoms with Gasteiger partial charge >= 0.3 is 0 Å². The molecule has 1 atom stereocenters. The molecule has 0 radical (unpaired) electrons. The zero-order chi connectivity index (χ0) is 20.4. The molecule has 0 saturated carbocycles. The van der Waals surface area contributed by atoms with E-state index in [0.29, 0.717) is 32.4 Å². The Morgan fingerprint density at radius 1 is 0.897 bits per heavy atom. The highest BCUT2D eigenvalue weighted by Crippen LogP contribution is 2.26. The Labute approximate surface area is 172 Å². The van der Waals surface area contributed by atoms with Crippen LogP contribution in [0.15, 0.2) is 72.8 Å². The predicted octanol–water partition coefficient (Wildman–Crippen LogP) is 3.87. The summed E-state index contributed by atoms with van der Waals surface area (Å²) in [6, 6.07) is 21.1. The van der Waals surface area contributed by atoms with Gasteiger partial charge in [-0.15, -0.1) is 0 Å². The maximum Gasteiger partial charge on any atom is 0.253 e. The van der Waals surface area contributed by atoms with Crippen molar-refractivity contribution in [3.05, 3.63) is 88.9 Å². The van der Waals surface area contributed by atoms with Crippen molar-refractivity contribution >= 4 is 45.2 Å². The molecule has 4 rings (SSSR count). The van der Waals surface area contributed by atoms with Gasteiger partial charge in [0.2, 0.25) is 5.91 Å². The van der Waals surface area contributed by atoms with Gasteiger partial charge in [-0.2, -0.15) is 0 Å². The first-order valence-corrected chi connectivity index (χ1v) is 9.53. The Kier molecular flexibility index (Phi) is 5.14. The molecule has 0 fully saturated rings. The number of halogens is 1. The number of primary amides is 1. The predicted molar refractivity (Wildman–Crippen MR) is 115 cm³/mol. The van der Waals surface area contributed by atoms with Gasteiger partial charge in [0.25, 0.3) is 5.91 Å². The van der Waals surface area contributed by atoms with E-state index in [-0.39, 0.29) is 12.3 Å². The van der Waals surface area contributed by atoms with E-state index in [4.69, 9.17) is 17.3 Å². The summed E-state index contributed by atoms with van der Waals surface area (Å²) in [6.45, 7) is 0. The summed E-state index contributed by atoms with van der Waals surface area (Å²) in [6.07, 6.45) is 0.210. The molecule has 1 heterocycles. The molecule has 3 aromatic carbocycles. The van der Waals surface area contributed by atoms with Crippen LogP contribution in [0.25, 0.3) is 21.8 Å². The van der Waals surface area contributed by atoms with Crippen molar-refractivity contribution in [2.45, 2.75) is 12.5 Å². The van der Waals surface area contributed by atoms with Gasteiger partial charge in [-0.25, -0.2) is 4.98 Å². The highest BCUT2D eigenvalue weighted by atomic mass is 35.5.